The normalized spacial score (nSPS) is 10.1. The zero-order valence-corrected chi connectivity index (χ0v) is 9.97. The molecule has 0 aromatic carbocycles. The van der Waals surface area contributed by atoms with Gasteiger partial charge in [-0.05, 0) is 6.42 Å². The first kappa shape index (κ1) is 13.4. The largest absolute Gasteiger partial charge is 0.467 e. The summed E-state index contributed by atoms with van der Waals surface area (Å²) in [5, 5.41) is 0. The van der Waals surface area contributed by atoms with Crippen molar-refractivity contribution >= 4 is 5.95 Å². The lowest BCUT2D eigenvalue weighted by atomic mass is 10.5. The van der Waals surface area contributed by atoms with Gasteiger partial charge in [0.25, 0.3) is 0 Å². The Morgan fingerprint density at radius 2 is 1.88 bits per heavy atom. The second-order valence-electron chi connectivity index (χ2n) is 3.03. The van der Waals surface area contributed by atoms with Crippen molar-refractivity contribution in [2.24, 2.45) is 5.84 Å². The number of hydrazine groups is 1. The number of nitrogens with one attached hydrogen (secondary N) is 1. The minimum Gasteiger partial charge on any atom is -0.467 e. The molecule has 1 aromatic heterocycles. The van der Waals surface area contributed by atoms with E-state index in [9.17, 15) is 0 Å². The molecular formula is C9H17N5O3. The smallest absolute Gasteiger partial charge is 0.324 e. The Morgan fingerprint density at radius 1 is 1.12 bits per heavy atom. The van der Waals surface area contributed by atoms with Gasteiger partial charge in [0.2, 0.25) is 5.95 Å². The predicted octanol–water partition coefficient (Wildman–Crippen LogP) is -0.0288. The van der Waals surface area contributed by atoms with Gasteiger partial charge in [-0.25, -0.2) is 5.84 Å². The van der Waals surface area contributed by atoms with Crippen LogP contribution in [0, 0.1) is 0 Å². The topological polar surface area (TPSA) is 104 Å². The third-order valence-corrected chi connectivity index (χ3v) is 1.71. The molecule has 17 heavy (non-hydrogen) atoms. The fourth-order valence-corrected chi connectivity index (χ4v) is 0.997. The minimum atomic E-state index is 0.137. The average molecular weight is 243 g/mol. The summed E-state index contributed by atoms with van der Waals surface area (Å²) in [6, 6.07) is 0.280. The van der Waals surface area contributed by atoms with Gasteiger partial charge in [-0.2, -0.15) is 9.97 Å². The van der Waals surface area contributed by atoms with E-state index >= 15 is 0 Å². The van der Waals surface area contributed by atoms with Crippen LogP contribution in [0.25, 0.3) is 0 Å². The molecule has 0 fully saturated rings. The quantitative estimate of drug-likeness (QED) is 0.372. The number of nitrogens with two attached hydrogens (primary N) is 1. The van der Waals surface area contributed by atoms with Crippen LogP contribution >= 0.6 is 0 Å². The van der Waals surface area contributed by atoms with Crippen LogP contribution in [-0.2, 0) is 4.74 Å². The van der Waals surface area contributed by atoms with Gasteiger partial charge in [-0.15, -0.1) is 4.98 Å². The number of rotatable bonds is 8. The van der Waals surface area contributed by atoms with Gasteiger partial charge >= 0.3 is 12.0 Å². The Hall–Kier alpha value is -1.67. The third kappa shape index (κ3) is 4.79. The van der Waals surface area contributed by atoms with Crippen LogP contribution in [0.15, 0.2) is 0 Å². The molecule has 0 amide bonds. The number of nitrogens with zero attached hydrogens (tertiary/aromatic N) is 3. The van der Waals surface area contributed by atoms with Gasteiger partial charge in [0.15, 0.2) is 0 Å². The first-order valence-electron chi connectivity index (χ1n) is 5.27. The van der Waals surface area contributed by atoms with Crippen LogP contribution in [0.3, 0.4) is 0 Å². The Balaban J connectivity index is 2.46. The van der Waals surface area contributed by atoms with Crippen LogP contribution in [0.1, 0.15) is 13.3 Å². The van der Waals surface area contributed by atoms with Crippen LogP contribution in [0.5, 0.6) is 12.0 Å². The molecule has 8 nitrogen and oxygen atoms in total. The molecule has 0 radical (unpaired) electrons. The fraction of sp³-hybridized carbons (Fsp3) is 0.667. The maximum absolute atomic E-state index is 5.27. The number of aromatic nitrogens is 3. The zero-order valence-electron chi connectivity index (χ0n) is 9.97. The SMILES string of the molecule is CCCOCCOc1nc(NN)nc(OC)n1. The second kappa shape index (κ2) is 7.58. The Labute approximate surface area is 99.5 Å². The molecular weight excluding hydrogens is 226 g/mol. The number of anilines is 1. The van der Waals surface area contributed by atoms with Gasteiger partial charge in [-0.3, -0.25) is 5.43 Å². The highest BCUT2D eigenvalue weighted by atomic mass is 16.5. The molecule has 0 aliphatic carbocycles. The highest BCUT2D eigenvalue weighted by Crippen LogP contribution is 2.11. The van der Waals surface area contributed by atoms with Crippen molar-refractivity contribution in [3.8, 4) is 12.0 Å². The summed E-state index contributed by atoms with van der Waals surface area (Å²) in [6.07, 6.45) is 0.973. The lowest BCUT2D eigenvalue weighted by molar-refractivity contribution is 0.0968. The van der Waals surface area contributed by atoms with Crippen molar-refractivity contribution in [1.29, 1.82) is 0 Å². The molecule has 0 atom stereocenters. The van der Waals surface area contributed by atoms with Crippen molar-refractivity contribution in [2.75, 3.05) is 32.4 Å². The van der Waals surface area contributed by atoms with E-state index in [4.69, 9.17) is 20.1 Å². The van der Waals surface area contributed by atoms with Gasteiger partial charge in [0, 0.05) is 6.61 Å². The lowest BCUT2D eigenvalue weighted by Crippen LogP contribution is -2.14. The number of nitrogen functional groups attached to an aromatic ring is 1. The number of ether oxygens (including phenoxy) is 3. The van der Waals surface area contributed by atoms with E-state index in [0.717, 1.165) is 6.42 Å². The van der Waals surface area contributed by atoms with Crippen molar-refractivity contribution < 1.29 is 14.2 Å². The van der Waals surface area contributed by atoms with E-state index < -0.39 is 0 Å². The minimum absolute atomic E-state index is 0.137. The fourth-order valence-electron chi connectivity index (χ4n) is 0.997. The summed E-state index contributed by atoms with van der Waals surface area (Å²) in [4.78, 5) is 11.6. The number of methoxy groups -OCH3 is 1. The van der Waals surface area contributed by atoms with Crippen molar-refractivity contribution in [1.82, 2.24) is 15.0 Å². The number of hydrogen-bond acceptors (Lipinski definition) is 8. The molecule has 1 heterocycles. The van der Waals surface area contributed by atoms with Crippen LogP contribution in [0.4, 0.5) is 5.95 Å². The standard InChI is InChI=1S/C9H17N5O3/c1-3-4-16-5-6-17-9-12-7(14-10)11-8(13-9)15-2/h3-6,10H2,1-2H3,(H,11,12,13,14). The molecule has 0 saturated carbocycles. The summed E-state index contributed by atoms with van der Waals surface area (Å²) in [6.45, 7) is 3.58. The maximum atomic E-state index is 5.27. The zero-order chi connectivity index (χ0) is 12.5. The molecule has 3 N–H and O–H groups in total. The molecule has 1 aromatic rings. The van der Waals surface area contributed by atoms with Crippen molar-refractivity contribution in [3.63, 3.8) is 0 Å². The highest BCUT2D eigenvalue weighted by molar-refractivity contribution is 5.25. The van der Waals surface area contributed by atoms with Gasteiger partial charge < -0.3 is 14.2 Å². The molecule has 96 valence electrons. The van der Waals surface area contributed by atoms with E-state index in [1.165, 1.54) is 7.11 Å². The summed E-state index contributed by atoms with van der Waals surface area (Å²) in [7, 11) is 1.45. The molecule has 0 unspecified atom stereocenters. The predicted molar refractivity (Wildman–Crippen MR) is 60.8 cm³/mol. The first-order chi connectivity index (χ1) is 8.30. The van der Waals surface area contributed by atoms with E-state index in [-0.39, 0.29) is 18.0 Å². The van der Waals surface area contributed by atoms with Crippen molar-refractivity contribution in [2.45, 2.75) is 13.3 Å². The molecule has 0 spiro atoms. The molecule has 0 aliphatic rings. The van der Waals surface area contributed by atoms with E-state index in [1.807, 2.05) is 6.92 Å². The molecule has 8 heteroatoms. The maximum Gasteiger partial charge on any atom is 0.324 e. The highest BCUT2D eigenvalue weighted by Gasteiger charge is 2.06. The monoisotopic (exact) mass is 243 g/mol. The molecule has 1 rings (SSSR count). The van der Waals surface area contributed by atoms with Crippen LogP contribution in [-0.4, -0.2) is 41.9 Å². The first-order valence-corrected chi connectivity index (χ1v) is 5.27. The van der Waals surface area contributed by atoms with E-state index in [2.05, 4.69) is 20.4 Å². The average Bonchev–Trinajstić information content (AvgIpc) is 2.38. The van der Waals surface area contributed by atoms with Gasteiger partial charge in [-0.1, -0.05) is 6.92 Å². The summed E-state index contributed by atoms with van der Waals surface area (Å²) in [5.74, 6) is 5.38. The Kier molecular flexibility index (Phi) is 5.97. The third-order valence-electron chi connectivity index (χ3n) is 1.71. The van der Waals surface area contributed by atoms with E-state index in [0.29, 0.717) is 19.8 Å². The lowest BCUT2D eigenvalue weighted by Gasteiger charge is -2.07. The molecule has 0 bridgehead atoms. The Bertz CT molecular complexity index is 314. The Morgan fingerprint density at radius 3 is 2.53 bits per heavy atom. The summed E-state index contributed by atoms with van der Waals surface area (Å²) in [5.41, 5.74) is 2.30. The summed E-state index contributed by atoms with van der Waals surface area (Å²) >= 11 is 0. The molecule has 0 aliphatic heterocycles. The van der Waals surface area contributed by atoms with Gasteiger partial charge in [0.1, 0.15) is 6.61 Å². The van der Waals surface area contributed by atoms with Crippen LogP contribution in [0.2, 0.25) is 0 Å². The second-order valence-corrected chi connectivity index (χ2v) is 3.03. The van der Waals surface area contributed by atoms with E-state index in [1.54, 1.807) is 0 Å². The number of hydrogen-bond donors (Lipinski definition) is 2. The van der Waals surface area contributed by atoms with Gasteiger partial charge in [0.05, 0.1) is 13.7 Å². The van der Waals surface area contributed by atoms with Crippen molar-refractivity contribution in [3.05, 3.63) is 0 Å². The van der Waals surface area contributed by atoms with Crippen LogP contribution < -0.4 is 20.7 Å². The molecule has 0 saturated heterocycles. The summed E-state index contributed by atoms with van der Waals surface area (Å²) < 4.78 is 15.4.